The lowest BCUT2D eigenvalue weighted by atomic mass is 9.94. The SMILES string of the molecule is CN(C)C[C@H]1CCn2ncc(C(=O)NCCC3=CCCCC3)c2C1. The van der Waals surface area contributed by atoms with E-state index in [9.17, 15) is 4.79 Å². The van der Waals surface area contributed by atoms with Gasteiger partial charge in [0.1, 0.15) is 0 Å². The standard InChI is InChI=1S/C19H30N4O/c1-22(2)14-16-9-11-23-18(12-16)17(13-21-23)19(24)20-10-8-15-6-4-3-5-7-15/h6,13,16H,3-5,7-12,14H2,1-2H3,(H,20,24)/t16-/m0/s1. The highest BCUT2D eigenvalue weighted by Crippen LogP contribution is 2.24. The van der Waals surface area contributed by atoms with Crippen LogP contribution in [-0.4, -0.2) is 47.8 Å². The molecule has 1 amide bonds. The molecule has 1 N–H and O–H groups in total. The number of hydrogen-bond donors (Lipinski definition) is 1. The molecule has 0 saturated carbocycles. The third kappa shape index (κ3) is 4.26. The van der Waals surface area contributed by atoms with Crippen molar-refractivity contribution >= 4 is 5.91 Å². The summed E-state index contributed by atoms with van der Waals surface area (Å²) in [6, 6.07) is 0. The zero-order valence-electron chi connectivity index (χ0n) is 15.1. The lowest BCUT2D eigenvalue weighted by Gasteiger charge is -2.26. The van der Waals surface area contributed by atoms with Gasteiger partial charge in [-0.15, -0.1) is 0 Å². The molecule has 5 nitrogen and oxygen atoms in total. The second-order valence-electron chi connectivity index (χ2n) is 7.46. The Hall–Kier alpha value is -1.62. The second kappa shape index (κ2) is 7.97. The van der Waals surface area contributed by atoms with Crippen molar-refractivity contribution in [1.29, 1.82) is 0 Å². The van der Waals surface area contributed by atoms with Crippen molar-refractivity contribution in [3.63, 3.8) is 0 Å². The quantitative estimate of drug-likeness (QED) is 0.816. The van der Waals surface area contributed by atoms with Crippen molar-refractivity contribution in [2.45, 2.75) is 51.5 Å². The Bertz CT molecular complexity index is 603. The lowest BCUT2D eigenvalue weighted by Crippen LogP contribution is -2.31. The molecule has 1 aromatic rings. The average Bonchev–Trinajstić information content (AvgIpc) is 2.98. The molecule has 1 aliphatic carbocycles. The van der Waals surface area contributed by atoms with Crippen LogP contribution >= 0.6 is 0 Å². The van der Waals surface area contributed by atoms with Crippen LogP contribution in [0.2, 0.25) is 0 Å². The Morgan fingerprint density at radius 1 is 1.42 bits per heavy atom. The van der Waals surface area contributed by atoms with Gasteiger partial charge in [0.25, 0.3) is 5.91 Å². The van der Waals surface area contributed by atoms with Gasteiger partial charge in [0.15, 0.2) is 0 Å². The van der Waals surface area contributed by atoms with Gasteiger partial charge in [0.2, 0.25) is 0 Å². The summed E-state index contributed by atoms with van der Waals surface area (Å²) in [6.45, 7) is 2.73. The van der Waals surface area contributed by atoms with Crippen molar-refractivity contribution in [3.8, 4) is 0 Å². The minimum absolute atomic E-state index is 0.0400. The van der Waals surface area contributed by atoms with E-state index in [4.69, 9.17) is 0 Å². The minimum Gasteiger partial charge on any atom is -0.352 e. The summed E-state index contributed by atoms with van der Waals surface area (Å²) >= 11 is 0. The third-order valence-corrected chi connectivity index (χ3v) is 5.16. The van der Waals surface area contributed by atoms with Crippen LogP contribution in [0.1, 0.15) is 54.6 Å². The van der Waals surface area contributed by atoms with E-state index in [0.29, 0.717) is 5.92 Å². The van der Waals surface area contributed by atoms with Crippen molar-refractivity contribution < 1.29 is 4.79 Å². The Labute approximate surface area is 145 Å². The fourth-order valence-corrected chi connectivity index (χ4v) is 3.92. The van der Waals surface area contributed by atoms with Gasteiger partial charge in [-0.3, -0.25) is 9.48 Å². The number of carbonyl (C=O) groups is 1. The smallest absolute Gasteiger partial charge is 0.254 e. The third-order valence-electron chi connectivity index (χ3n) is 5.16. The molecule has 0 fully saturated rings. The molecule has 2 heterocycles. The first-order valence-electron chi connectivity index (χ1n) is 9.29. The molecule has 0 aromatic carbocycles. The molecule has 0 bridgehead atoms. The number of nitrogens with zero attached hydrogens (tertiary/aromatic N) is 3. The van der Waals surface area contributed by atoms with Gasteiger partial charge in [-0.05, 0) is 65.0 Å². The van der Waals surface area contributed by atoms with Gasteiger partial charge >= 0.3 is 0 Å². The van der Waals surface area contributed by atoms with Crippen molar-refractivity contribution in [2.75, 3.05) is 27.2 Å². The van der Waals surface area contributed by atoms with E-state index >= 15 is 0 Å². The summed E-state index contributed by atoms with van der Waals surface area (Å²) in [5, 5.41) is 7.51. The van der Waals surface area contributed by atoms with Gasteiger partial charge < -0.3 is 10.2 Å². The topological polar surface area (TPSA) is 50.2 Å². The Kier molecular flexibility index (Phi) is 5.72. The molecule has 3 rings (SSSR count). The molecule has 1 atom stereocenters. The van der Waals surface area contributed by atoms with Crippen LogP contribution in [0.4, 0.5) is 0 Å². The largest absolute Gasteiger partial charge is 0.352 e. The summed E-state index contributed by atoms with van der Waals surface area (Å²) in [5.41, 5.74) is 3.39. The molecular weight excluding hydrogens is 300 g/mol. The van der Waals surface area contributed by atoms with Crippen molar-refractivity contribution in [1.82, 2.24) is 20.0 Å². The van der Waals surface area contributed by atoms with Gasteiger partial charge in [-0.25, -0.2) is 0 Å². The predicted molar refractivity (Wildman–Crippen MR) is 96.1 cm³/mol. The Morgan fingerprint density at radius 2 is 2.29 bits per heavy atom. The molecular formula is C19H30N4O. The molecule has 1 aliphatic heterocycles. The molecule has 0 unspecified atom stereocenters. The lowest BCUT2D eigenvalue weighted by molar-refractivity contribution is 0.0952. The predicted octanol–water partition coefficient (Wildman–Crippen LogP) is 2.63. The number of fused-ring (bicyclic) bond motifs is 1. The molecule has 24 heavy (non-hydrogen) atoms. The number of aryl methyl sites for hydroxylation is 1. The molecule has 0 saturated heterocycles. The molecule has 2 aliphatic rings. The molecule has 5 heteroatoms. The molecule has 1 aromatic heterocycles. The van der Waals surface area contributed by atoms with Crippen molar-refractivity contribution in [3.05, 3.63) is 29.1 Å². The van der Waals surface area contributed by atoms with Gasteiger partial charge in [-0.2, -0.15) is 5.10 Å². The summed E-state index contributed by atoms with van der Waals surface area (Å²) in [6.07, 6.45) is 12.2. The number of aromatic nitrogens is 2. The fraction of sp³-hybridized carbons (Fsp3) is 0.684. The van der Waals surface area contributed by atoms with Crippen LogP contribution in [0.15, 0.2) is 17.8 Å². The maximum atomic E-state index is 12.6. The number of carbonyl (C=O) groups excluding carboxylic acids is 1. The summed E-state index contributed by atoms with van der Waals surface area (Å²) < 4.78 is 2.02. The monoisotopic (exact) mass is 330 g/mol. The Morgan fingerprint density at radius 3 is 3.04 bits per heavy atom. The summed E-state index contributed by atoms with van der Waals surface area (Å²) in [7, 11) is 4.22. The maximum Gasteiger partial charge on any atom is 0.254 e. The zero-order valence-corrected chi connectivity index (χ0v) is 15.1. The van der Waals surface area contributed by atoms with E-state index in [1.807, 2.05) is 4.68 Å². The second-order valence-corrected chi connectivity index (χ2v) is 7.46. The normalized spacial score (nSPS) is 20.6. The molecule has 0 spiro atoms. The summed E-state index contributed by atoms with van der Waals surface area (Å²) in [4.78, 5) is 14.8. The average molecular weight is 330 g/mol. The fourth-order valence-electron chi connectivity index (χ4n) is 3.92. The van der Waals surface area contributed by atoms with E-state index in [1.165, 1.54) is 31.3 Å². The van der Waals surface area contributed by atoms with E-state index in [2.05, 4.69) is 35.5 Å². The number of allylic oxidation sites excluding steroid dienone is 1. The number of rotatable bonds is 6. The van der Waals surface area contributed by atoms with Crippen LogP contribution < -0.4 is 5.32 Å². The highest BCUT2D eigenvalue weighted by atomic mass is 16.1. The Balaban J connectivity index is 1.56. The minimum atomic E-state index is 0.0400. The van der Waals surface area contributed by atoms with Crippen LogP contribution in [0.5, 0.6) is 0 Å². The van der Waals surface area contributed by atoms with E-state index in [0.717, 1.165) is 50.2 Å². The molecule has 132 valence electrons. The van der Waals surface area contributed by atoms with E-state index < -0.39 is 0 Å². The first kappa shape index (κ1) is 17.2. The van der Waals surface area contributed by atoms with E-state index in [1.54, 1.807) is 6.20 Å². The van der Waals surface area contributed by atoms with Crippen molar-refractivity contribution in [2.24, 2.45) is 5.92 Å². The van der Waals surface area contributed by atoms with Crippen LogP contribution in [-0.2, 0) is 13.0 Å². The number of nitrogens with one attached hydrogen (secondary N) is 1. The highest BCUT2D eigenvalue weighted by molar-refractivity contribution is 5.95. The van der Waals surface area contributed by atoms with Crippen LogP contribution in [0, 0.1) is 5.92 Å². The van der Waals surface area contributed by atoms with Gasteiger partial charge in [-0.1, -0.05) is 11.6 Å². The van der Waals surface area contributed by atoms with Crippen LogP contribution in [0.25, 0.3) is 0 Å². The first-order chi connectivity index (χ1) is 11.6. The number of amides is 1. The van der Waals surface area contributed by atoms with E-state index in [-0.39, 0.29) is 5.91 Å². The van der Waals surface area contributed by atoms with Crippen LogP contribution in [0.3, 0.4) is 0 Å². The first-order valence-corrected chi connectivity index (χ1v) is 9.29. The highest BCUT2D eigenvalue weighted by Gasteiger charge is 2.25. The zero-order chi connectivity index (χ0) is 16.9. The number of hydrogen-bond acceptors (Lipinski definition) is 3. The summed E-state index contributed by atoms with van der Waals surface area (Å²) in [5.74, 6) is 0.654. The molecule has 0 radical (unpaired) electrons. The van der Waals surface area contributed by atoms with Gasteiger partial charge in [0, 0.05) is 19.6 Å². The van der Waals surface area contributed by atoms with Gasteiger partial charge in [0.05, 0.1) is 17.5 Å². The maximum absolute atomic E-state index is 12.6.